The number of carbonyl (C=O) groups is 3. The molecule has 100 heavy (non-hydrogen) atoms. The molecular weight excluding hydrogens is 1230 g/mol. The summed E-state index contributed by atoms with van der Waals surface area (Å²) in [5.41, 5.74) is 0. The first-order valence-corrected chi connectivity index (χ1v) is 45.0. The van der Waals surface area contributed by atoms with Gasteiger partial charge in [-0.05, 0) is 44.9 Å². The predicted octanol–water partition coefficient (Wildman–Crippen LogP) is 27.9. The summed E-state index contributed by atoms with van der Waals surface area (Å²) in [6.07, 6.45) is 104. The Kier molecular flexibility index (Phi) is 80.6. The van der Waals surface area contributed by atoms with Crippen LogP contribution in [0.3, 0.4) is 0 Å². The van der Waals surface area contributed by atoms with E-state index in [-0.39, 0.29) is 32.2 Å². The number of hydrogen-bond acceptors (Lipinski definition) is 8. The van der Waals surface area contributed by atoms with Crippen molar-refractivity contribution in [1.29, 1.82) is 0 Å². The summed E-state index contributed by atoms with van der Waals surface area (Å²) >= 11 is 0. The molecule has 0 heterocycles. The lowest BCUT2D eigenvalue weighted by atomic mass is 10.0. The van der Waals surface area contributed by atoms with E-state index < -0.39 is 24.3 Å². The average Bonchev–Trinajstić information content (AvgIpc) is 1.08. The number of hydrogen-bond donors (Lipinski definition) is 0. The lowest BCUT2D eigenvalue weighted by Crippen LogP contribution is -2.44. The second-order valence-corrected chi connectivity index (χ2v) is 32.3. The highest BCUT2D eigenvalue weighted by Crippen LogP contribution is 2.21. The minimum Gasteiger partial charge on any atom is -0.545 e. The lowest BCUT2D eigenvalue weighted by molar-refractivity contribution is -0.870. The fourth-order valence-electron chi connectivity index (χ4n) is 14.1. The van der Waals surface area contributed by atoms with E-state index in [0.29, 0.717) is 17.4 Å². The number of carboxylic acids is 1. The summed E-state index contributed by atoms with van der Waals surface area (Å²) in [4.78, 5) is 37.7. The molecule has 0 amide bonds. The highest BCUT2D eigenvalue weighted by atomic mass is 16.7. The Morgan fingerprint density at radius 2 is 0.540 bits per heavy atom. The highest BCUT2D eigenvalue weighted by Gasteiger charge is 2.22. The molecule has 592 valence electrons. The number of ether oxygens (including phenoxy) is 4. The topological polar surface area (TPSA) is 111 Å². The van der Waals surface area contributed by atoms with Crippen molar-refractivity contribution in [2.45, 2.75) is 495 Å². The number of likely N-dealkylation sites (N-methyl/N-ethyl adjacent to an activating group) is 1. The van der Waals surface area contributed by atoms with Crippen LogP contribution in [-0.4, -0.2) is 82.3 Å². The van der Waals surface area contributed by atoms with Gasteiger partial charge >= 0.3 is 11.9 Å². The zero-order chi connectivity index (χ0) is 72.5. The summed E-state index contributed by atoms with van der Waals surface area (Å²) in [5, 5.41) is 11.9. The molecule has 9 heteroatoms. The van der Waals surface area contributed by atoms with Crippen LogP contribution in [0.2, 0.25) is 0 Å². The number of quaternary nitrogens is 1. The van der Waals surface area contributed by atoms with Gasteiger partial charge in [0.1, 0.15) is 13.2 Å². The van der Waals surface area contributed by atoms with Gasteiger partial charge in [0.25, 0.3) is 0 Å². The summed E-state index contributed by atoms with van der Waals surface area (Å²) < 4.78 is 22.9. The average molecular weight is 1410 g/mol. The summed E-state index contributed by atoms with van der Waals surface area (Å²) in [7, 11) is 5.96. The van der Waals surface area contributed by atoms with Gasteiger partial charge in [0.2, 0.25) is 0 Å². The van der Waals surface area contributed by atoms with Crippen LogP contribution in [-0.2, 0) is 33.3 Å². The molecule has 0 aliphatic rings. The number of carboxylic acid groups (broad SMARTS) is 1. The van der Waals surface area contributed by atoms with E-state index >= 15 is 0 Å². The number of unbranched alkanes of at least 4 members (excludes halogenated alkanes) is 67. The molecule has 0 saturated carbocycles. The fourth-order valence-corrected chi connectivity index (χ4v) is 14.1. The normalized spacial score (nSPS) is 12.6. The third-order valence-corrected chi connectivity index (χ3v) is 21.0. The van der Waals surface area contributed by atoms with Gasteiger partial charge in [-0.25, -0.2) is 0 Å². The van der Waals surface area contributed by atoms with Crippen molar-refractivity contribution < 1.29 is 42.9 Å². The lowest BCUT2D eigenvalue weighted by Gasteiger charge is -2.26. The summed E-state index contributed by atoms with van der Waals surface area (Å²) in [6.45, 7) is 4.84. The summed E-state index contributed by atoms with van der Waals surface area (Å²) in [6, 6.07) is 0. The molecule has 0 aromatic rings. The maximum Gasteiger partial charge on any atom is 0.306 e. The number of carbonyl (C=O) groups excluding carboxylic acids is 3. The number of allylic oxidation sites excluding steroid dienone is 4. The van der Waals surface area contributed by atoms with Crippen molar-refractivity contribution in [1.82, 2.24) is 0 Å². The molecule has 2 unspecified atom stereocenters. The van der Waals surface area contributed by atoms with E-state index in [1.54, 1.807) is 0 Å². The van der Waals surface area contributed by atoms with Crippen molar-refractivity contribution >= 4 is 17.9 Å². The maximum atomic E-state index is 13.0. The third kappa shape index (κ3) is 83.0. The molecule has 0 bridgehead atoms. The molecule has 9 nitrogen and oxygen atoms in total. The predicted molar refractivity (Wildman–Crippen MR) is 431 cm³/mol. The van der Waals surface area contributed by atoms with Crippen LogP contribution >= 0.6 is 0 Å². The second-order valence-electron chi connectivity index (χ2n) is 32.3. The van der Waals surface area contributed by atoms with Gasteiger partial charge in [-0.2, -0.15) is 0 Å². The maximum absolute atomic E-state index is 13.0. The Balaban J connectivity index is 3.88. The van der Waals surface area contributed by atoms with Crippen molar-refractivity contribution in [3.63, 3.8) is 0 Å². The zero-order valence-electron chi connectivity index (χ0n) is 68.1. The summed E-state index contributed by atoms with van der Waals surface area (Å²) in [5.74, 6) is -2.24. The van der Waals surface area contributed by atoms with Crippen LogP contribution in [0.15, 0.2) is 24.3 Å². The smallest absolute Gasteiger partial charge is 0.306 e. The largest absolute Gasteiger partial charge is 0.545 e. The molecular formula is C91H175NO8. The van der Waals surface area contributed by atoms with Gasteiger partial charge in [-0.1, -0.05) is 449 Å². The first kappa shape index (κ1) is 97.8. The van der Waals surface area contributed by atoms with Crippen LogP contribution < -0.4 is 5.11 Å². The van der Waals surface area contributed by atoms with Crippen LogP contribution in [0.25, 0.3) is 0 Å². The first-order valence-electron chi connectivity index (χ1n) is 45.0. The van der Waals surface area contributed by atoms with Crippen LogP contribution in [0, 0.1) is 0 Å². The Bertz CT molecular complexity index is 1690. The SMILES string of the molecule is CCCCCCC/C=C\C/C=C\CCCCCCCCCCCCCCCCCCCCCCCCCCCCCCCC(=O)OC(COC(=O)CCCCCCCCCCCCCCCCCCCCCCCCCCCCCCCCCCCC)COC(OCC[N+](C)(C)C)C(=O)[O-]. The number of rotatable bonds is 86. The Labute approximate surface area is 624 Å². The fraction of sp³-hybridized carbons (Fsp3) is 0.923. The number of nitrogens with zero attached hydrogens (tertiary/aromatic N) is 1. The molecule has 0 aromatic heterocycles. The molecule has 0 radical (unpaired) electrons. The Morgan fingerprint density at radius 3 is 0.790 bits per heavy atom. The van der Waals surface area contributed by atoms with Crippen molar-refractivity contribution in [3.05, 3.63) is 24.3 Å². The molecule has 0 spiro atoms. The molecule has 0 N–H and O–H groups in total. The Hall–Kier alpha value is -2.23. The van der Waals surface area contributed by atoms with Gasteiger partial charge in [0, 0.05) is 12.8 Å². The van der Waals surface area contributed by atoms with Crippen LogP contribution in [0.5, 0.6) is 0 Å². The van der Waals surface area contributed by atoms with E-state index in [1.807, 2.05) is 21.1 Å². The van der Waals surface area contributed by atoms with Crippen molar-refractivity contribution in [2.75, 3.05) is 47.5 Å². The molecule has 0 aliphatic heterocycles. The van der Waals surface area contributed by atoms with Gasteiger partial charge in [-0.3, -0.25) is 9.59 Å². The van der Waals surface area contributed by atoms with Gasteiger partial charge in [0.05, 0.1) is 40.3 Å². The molecule has 0 aromatic carbocycles. The van der Waals surface area contributed by atoms with E-state index in [2.05, 4.69) is 38.2 Å². The zero-order valence-corrected chi connectivity index (χ0v) is 68.1. The van der Waals surface area contributed by atoms with Crippen molar-refractivity contribution in [3.8, 4) is 0 Å². The van der Waals surface area contributed by atoms with Gasteiger partial charge in [0.15, 0.2) is 12.4 Å². The molecule has 2 atom stereocenters. The van der Waals surface area contributed by atoms with Crippen LogP contribution in [0.1, 0.15) is 483 Å². The van der Waals surface area contributed by atoms with E-state index in [1.165, 1.54) is 411 Å². The van der Waals surface area contributed by atoms with Crippen molar-refractivity contribution in [2.24, 2.45) is 0 Å². The second kappa shape index (κ2) is 82.4. The minimum atomic E-state index is -1.62. The highest BCUT2D eigenvalue weighted by molar-refractivity contribution is 5.70. The first-order chi connectivity index (χ1) is 49.1. The number of esters is 2. The number of aliphatic carboxylic acids is 1. The van der Waals surface area contributed by atoms with Crippen LogP contribution in [0.4, 0.5) is 0 Å². The molecule has 0 fully saturated rings. The Morgan fingerprint density at radius 1 is 0.300 bits per heavy atom. The monoisotopic (exact) mass is 1410 g/mol. The minimum absolute atomic E-state index is 0.153. The standard InChI is InChI=1S/C91H175NO8/c1-6-8-10-12-14-16-18-20-22-24-26-28-30-32-34-36-38-40-42-43-44-45-46-47-48-50-52-54-56-58-60-62-64-66-68-70-72-74-76-78-80-82-89(94)100-87(86-99-91(90(95)96)97-84-83-92(3,4)5)85-98-88(93)81-79-77-75-73-71-69-67-65-63-61-59-57-55-53-51-49-41-39-37-35-33-31-29-27-25-23-21-19-17-15-13-11-9-7-2/h18,20,24,26,87,91H,6-17,19,21-23,25,27-86H2,1-5H3/b20-18-,26-24-. The van der Waals surface area contributed by atoms with Gasteiger partial charge in [-0.15, -0.1) is 0 Å². The van der Waals surface area contributed by atoms with E-state index in [9.17, 15) is 19.5 Å². The molecule has 0 aliphatic carbocycles. The molecule has 0 rings (SSSR count). The van der Waals surface area contributed by atoms with Gasteiger partial charge < -0.3 is 33.3 Å². The quantitative estimate of drug-likeness (QED) is 0.0195. The van der Waals surface area contributed by atoms with E-state index in [0.717, 1.165) is 44.9 Å². The molecule has 0 saturated heterocycles. The third-order valence-electron chi connectivity index (χ3n) is 21.0. The van der Waals surface area contributed by atoms with E-state index in [4.69, 9.17) is 18.9 Å².